The van der Waals surface area contributed by atoms with E-state index in [1.165, 1.54) is 0 Å². The van der Waals surface area contributed by atoms with Crippen LogP contribution in [0.2, 0.25) is 0 Å². The van der Waals surface area contributed by atoms with Gasteiger partial charge in [0.1, 0.15) is 11.9 Å². The summed E-state index contributed by atoms with van der Waals surface area (Å²) in [5, 5.41) is 0. The van der Waals surface area contributed by atoms with E-state index in [1.54, 1.807) is 31.4 Å². The van der Waals surface area contributed by atoms with Crippen molar-refractivity contribution in [1.82, 2.24) is 0 Å². The number of methoxy groups -OCH3 is 1. The maximum absolute atomic E-state index is 11.8. The van der Waals surface area contributed by atoms with Gasteiger partial charge in [0, 0.05) is 6.42 Å². The number of carbonyl (C=O) groups excluding carboxylic acids is 1. The molecule has 1 saturated heterocycles. The zero-order valence-electron chi connectivity index (χ0n) is 10.0. The molecule has 0 spiro atoms. The molecule has 1 aliphatic rings. The summed E-state index contributed by atoms with van der Waals surface area (Å²) in [5.74, 6) is 0.412. The van der Waals surface area contributed by atoms with Gasteiger partial charge in [-0.05, 0) is 31.2 Å². The van der Waals surface area contributed by atoms with E-state index in [4.69, 9.17) is 14.2 Å². The molecule has 2 atom stereocenters. The summed E-state index contributed by atoms with van der Waals surface area (Å²) in [6.07, 6.45) is 0.810. The van der Waals surface area contributed by atoms with Gasteiger partial charge in [-0.2, -0.15) is 0 Å². The Morgan fingerprint density at radius 3 is 2.59 bits per heavy atom. The van der Waals surface area contributed by atoms with E-state index in [-0.39, 0.29) is 18.2 Å². The molecule has 0 radical (unpaired) electrons. The van der Waals surface area contributed by atoms with Crippen molar-refractivity contribution in [3.05, 3.63) is 29.8 Å². The van der Waals surface area contributed by atoms with Gasteiger partial charge in [0.25, 0.3) is 0 Å². The lowest BCUT2D eigenvalue weighted by molar-refractivity contribution is 0.0258. The molecule has 0 aromatic heterocycles. The molecule has 4 nitrogen and oxygen atoms in total. The summed E-state index contributed by atoms with van der Waals surface area (Å²) in [6, 6.07) is 6.87. The maximum atomic E-state index is 11.8. The number of hydrogen-bond acceptors (Lipinski definition) is 4. The van der Waals surface area contributed by atoms with Gasteiger partial charge in [0.2, 0.25) is 0 Å². The predicted molar refractivity (Wildman–Crippen MR) is 62.2 cm³/mol. The van der Waals surface area contributed by atoms with Crippen molar-refractivity contribution in [2.45, 2.75) is 25.6 Å². The molecule has 1 aliphatic heterocycles. The number of carbonyl (C=O) groups is 1. The largest absolute Gasteiger partial charge is 0.497 e. The summed E-state index contributed by atoms with van der Waals surface area (Å²) >= 11 is 0. The molecule has 1 aromatic rings. The quantitative estimate of drug-likeness (QED) is 0.753. The Balaban J connectivity index is 1.94. The molecule has 1 aromatic carbocycles. The van der Waals surface area contributed by atoms with Crippen LogP contribution < -0.4 is 4.74 Å². The van der Waals surface area contributed by atoms with Crippen molar-refractivity contribution >= 4 is 5.97 Å². The fourth-order valence-corrected chi connectivity index (χ4v) is 1.81. The minimum atomic E-state index is -0.310. The highest BCUT2D eigenvalue weighted by atomic mass is 16.6. The van der Waals surface area contributed by atoms with Gasteiger partial charge in [-0.1, -0.05) is 0 Å². The Bertz CT molecular complexity index is 385. The molecule has 0 amide bonds. The Morgan fingerprint density at radius 2 is 2.06 bits per heavy atom. The smallest absolute Gasteiger partial charge is 0.338 e. The van der Waals surface area contributed by atoms with E-state index in [0.717, 1.165) is 12.2 Å². The van der Waals surface area contributed by atoms with Crippen LogP contribution >= 0.6 is 0 Å². The number of rotatable bonds is 3. The number of esters is 1. The Morgan fingerprint density at radius 1 is 1.35 bits per heavy atom. The zero-order chi connectivity index (χ0) is 12.3. The van der Waals surface area contributed by atoms with Crippen molar-refractivity contribution in [1.29, 1.82) is 0 Å². The molecule has 0 N–H and O–H groups in total. The van der Waals surface area contributed by atoms with Crippen LogP contribution in [0.4, 0.5) is 0 Å². The number of ether oxygens (including phenoxy) is 3. The highest BCUT2D eigenvalue weighted by molar-refractivity contribution is 5.89. The fourth-order valence-electron chi connectivity index (χ4n) is 1.81. The van der Waals surface area contributed by atoms with E-state index in [2.05, 4.69) is 0 Å². The van der Waals surface area contributed by atoms with Crippen LogP contribution in [0.25, 0.3) is 0 Å². The third kappa shape index (κ3) is 2.97. The molecule has 0 aliphatic carbocycles. The first kappa shape index (κ1) is 11.9. The minimum Gasteiger partial charge on any atom is -0.497 e. The monoisotopic (exact) mass is 236 g/mol. The summed E-state index contributed by atoms with van der Waals surface area (Å²) in [5.41, 5.74) is 0.533. The molecule has 2 rings (SSSR count). The first-order valence-electron chi connectivity index (χ1n) is 5.65. The highest BCUT2D eigenvalue weighted by Gasteiger charge is 2.25. The third-order valence-electron chi connectivity index (χ3n) is 2.76. The first-order valence-corrected chi connectivity index (χ1v) is 5.65. The van der Waals surface area contributed by atoms with E-state index < -0.39 is 0 Å². The maximum Gasteiger partial charge on any atom is 0.338 e. The lowest BCUT2D eigenvalue weighted by Gasteiger charge is -2.10. The third-order valence-corrected chi connectivity index (χ3v) is 2.76. The van der Waals surface area contributed by atoms with Crippen LogP contribution in [-0.4, -0.2) is 31.9 Å². The average Bonchev–Trinajstić information content (AvgIpc) is 2.75. The highest BCUT2D eigenvalue weighted by Crippen LogP contribution is 2.18. The van der Waals surface area contributed by atoms with Crippen LogP contribution in [0.1, 0.15) is 23.7 Å². The van der Waals surface area contributed by atoms with Gasteiger partial charge in [-0.25, -0.2) is 4.79 Å². The normalized spacial score (nSPS) is 23.4. The van der Waals surface area contributed by atoms with Crippen molar-refractivity contribution in [3.63, 3.8) is 0 Å². The zero-order valence-corrected chi connectivity index (χ0v) is 10.0. The molecular weight excluding hydrogens is 220 g/mol. The molecule has 17 heavy (non-hydrogen) atoms. The second-order valence-electron chi connectivity index (χ2n) is 4.14. The number of benzene rings is 1. The Labute approximate surface area is 100 Å². The lowest BCUT2D eigenvalue weighted by Crippen LogP contribution is -2.18. The summed E-state index contributed by atoms with van der Waals surface area (Å²) in [4.78, 5) is 11.8. The van der Waals surface area contributed by atoms with E-state index in [9.17, 15) is 4.79 Å². The molecule has 0 unspecified atom stereocenters. The molecule has 1 heterocycles. The first-order chi connectivity index (χ1) is 8.19. The van der Waals surface area contributed by atoms with Gasteiger partial charge in [0.05, 0.1) is 25.4 Å². The van der Waals surface area contributed by atoms with Crippen molar-refractivity contribution in [3.8, 4) is 5.75 Å². The van der Waals surface area contributed by atoms with E-state index in [1.807, 2.05) is 6.92 Å². The van der Waals surface area contributed by atoms with Gasteiger partial charge < -0.3 is 14.2 Å². The van der Waals surface area contributed by atoms with Crippen LogP contribution in [0.3, 0.4) is 0 Å². The second kappa shape index (κ2) is 5.19. The van der Waals surface area contributed by atoms with Crippen molar-refractivity contribution < 1.29 is 19.0 Å². The van der Waals surface area contributed by atoms with Crippen molar-refractivity contribution in [2.75, 3.05) is 13.7 Å². The minimum absolute atomic E-state index is 0.125. The van der Waals surface area contributed by atoms with Gasteiger partial charge >= 0.3 is 5.97 Å². The molecule has 4 heteroatoms. The van der Waals surface area contributed by atoms with Crippen LogP contribution in [0.5, 0.6) is 5.75 Å². The van der Waals surface area contributed by atoms with E-state index in [0.29, 0.717) is 12.2 Å². The van der Waals surface area contributed by atoms with E-state index >= 15 is 0 Å². The second-order valence-corrected chi connectivity index (χ2v) is 4.14. The van der Waals surface area contributed by atoms with Crippen molar-refractivity contribution in [2.24, 2.45) is 0 Å². The SMILES string of the molecule is COc1ccc(C(=O)O[C@@H]2CO[C@@H](C)C2)cc1. The molecule has 0 saturated carbocycles. The standard InChI is InChI=1S/C13H16O4/c1-9-7-12(8-16-9)17-13(14)10-3-5-11(15-2)6-4-10/h3-6,9,12H,7-8H2,1-2H3/t9-,12-/m0/s1. The Hall–Kier alpha value is -1.55. The number of hydrogen-bond donors (Lipinski definition) is 0. The Kier molecular flexibility index (Phi) is 3.64. The predicted octanol–water partition coefficient (Wildman–Crippen LogP) is 2.03. The van der Waals surface area contributed by atoms with Crippen LogP contribution in [-0.2, 0) is 9.47 Å². The summed E-state index contributed by atoms with van der Waals surface area (Å²) in [6.45, 7) is 2.46. The summed E-state index contributed by atoms with van der Waals surface area (Å²) < 4.78 is 15.7. The molecular formula is C13H16O4. The van der Waals surface area contributed by atoms with Gasteiger partial charge in [0.15, 0.2) is 0 Å². The fraction of sp³-hybridized carbons (Fsp3) is 0.462. The molecule has 0 bridgehead atoms. The molecule has 92 valence electrons. The average molecular weight is 236 g/mol. The van der Waals surface area contributed by atoms with Crippen LogP contribution in [0.15, 0.2) is 24.3 Å². The summed E-state index contributed by atoms with van der Waals surface area (Å²) in [7, 11) is 1.59. The molecule has 1 fully saturated rings. The van der Waals surface area contributed by atoms with Gasteiger partial charge in [-0.3, -0.25) is 0 Å². The topological polar surface area (TPSA) is 44.8 Å². The van der Waals surface area contributed by atoms with Crippen LogP contribution in [0, 0.1) is 0 Å². The van der Waals surface area contributed by atoms with Gasteiger partial charge in [-0.15, -0.1) is 0 Å². The lowest BCUT2D eigenvalue weighted by atomic mass is 10.2.